The van der Waals surface area contributed by atoms with Crippen molar-refractivity contribution in [3.63, 3.8) is 0 Å². The van der Waals surface area contributed by atoms with E-state index in [1.54, 1.807) is 0 Å². The number of rotatable bonds is 48. The molecular weight excluding hydrogens is 1520 g/mol. The van der Waals surface area contributed by atoms with Gasteiger partial charge in [-0.2, -0.15) is 18.3 Å². The summed E-state index contributed by atoms with van der Waals surface area (Å²) in [6.07, 6.45) is 35.2. The highest BCUT2D eigenvalue weighted by Gasteiger charge is 2.16. The molecule has 0 aliphatic carbocycles. The monoisotopic (exact) mass is 1640 g/mol. The zero-order chi connectivity index (χ0) is 81.5. The van der Waals surface area contributed by atoms with Crippen molar-refractivity contribution in [2.45, 2.75) is 118 Å². The summed E-state index contributed by atoms with van der Waals surface area (Å²) < 4.78 is 8.65. The maximum absolute atomic E-state index is 9.43. The molecule has 12 rings (SSSR count). The van der Waals surface area contributed by atoms with Crippen LogP contribution in [0.25, 0.3) is 48.6 Å². The molecule has 0 radical (unpaired) electrons. The van der Waals surface area contributed by atoms with Crippen LogP contribution in [0.15, 0.2) is 316 Å². The summed E-state index contributed by atoms with van der Waals surface area (Å²) in [4.78, 5) is 10.1. The van der Waals surface area contributed by atoms with E-state index in [2.05, 4.69) is 380 Å². The number of aryl methyl sites for hydroxylation is 2. The van der Waals surface area contributed by atoms with Crippen LogP contribution in [0.1, 0.15) is 132 Å². The smallest absolute Gasteiger partial charge is 0.205 e. The van der Waals surface area contributed by atoms with Crippen molar-refractivity contribution in [2.24, 2.45) is 0 Å². The second-order valence-electron chi connectivity index (χ2n) is 29.4. The van der Waals surface area contributed by atoms with Crippen molar-refractivity contribution in [3.05, 3.63) is 383 Å². The Bertz CT molecular complexity index is 4590. The third-order valence-electron chi connectivity index (χ3n) is 20.7. The zero-order valence-corrected chi connectivity index (χ0v) is 72.4. The van der Waals surface area contributed by atoms with Gasteiger partial charge in [0.2, 0.25) is 22.8 Å². The van der Waals surface area contributed by atoms with E-state index < -0.39 is 0 Å². The fourth-order valence-electron chi connectivity index (χ4n) is 14.2. The van der Waals surface area contributed by atoms with Crippen molar-refractivity contribution >= 4 is 115 Å². The lowest BCUT2D eigenvalue weighted by Gasteiger charge is -2.25. The molecule has 0 atom stereocenters. The van der Waals surface area contributed by atoms with Crippen LogP contribution in [0, 0.1) is 0 Å². The highest BCUT2D eigenvalue weighted by molar-refractivity contribution is 8.77. The minimum Gasteiger partial charge on any atom is -0.390 e. The molecule has 0 bridgehead atoms. The Labute approximate surface area is 720 Å². The van der Waals surface area contributed by atoms with Gasteiger partial charge >= 0.3 is 0 Å². The van der Waals surface area contributed by atoms with Crippen LogP contribution in [-0.4, -0.2) is 72.6 Å². The topological polar surface area (TPSA) is 68.9 Å². The number of aliphatic hydroxyl groups is 2. The van der Waals surface area contributed by atoms with Crippen LogP contribution in [0.5, 0.6) is 0 Å². The second kappa shape index (κ2) is 51.9. The Morgan fingerprint density at radius 2 is 0.466 bits per heavy atom. The third-order valence-corrected chi connectivity index (χ3v) is 25.9. The molecule has 0 aliphatic rings. The average molecular weight is 1640 g/mol. The zero-order valence-electron chi connectivity index (χ0n) is 69.1. The minimum atomic E-state index is 0.121. The van der Waals surface area contributed by atoms with Gasteiger partial charge in [-0.3, -0.25) is 0 Å². The SMILES string of the molecule is CC[n+]1ccccc1/C=C/c1ccc(N(CCCCSSCCCCN(Cc2ccccc2)c2ccc(/C=C/c3cccc[n+]3CC)cc2)Cc2ccccc2)cc1.OCC[n+]1ccccc1/C=C/c1ccc(N(CCCCSSCCCCN(Cc2ccccc2)c2ccc(/C=C/c3cccc[n+]3CCO)cc2)Cc2ccccc2)cc1. The quantitative estimate of drug-likeness (QED) is 0.0219. The number of pyridine rings is 4. The van der Waals surface area contributed by atoms with Gasteiger partial charge in [0.1, 0.15) is 26.3 Å². The number of hydrogen-bond donors (Lipinski definition) is 2. The van der Waals surface area contributed by atoms with Crippen molar-refractivity contribution in [3.8, 4) is 0 Å². The van der Waals surface area contributed by atoms with Crippen LogP contribution >= 0.6 is 43.2 Å². The first-order valence-corrected chi connectivity index (χ1v) is 47.3. The lowest BCUT2D eigenvalue weighted by molar-refractivity contribution is -0.699. The van der Waals surface area contributed by atoms with Crippen molar-refractivity contribution in [1.29, 1.82) is 0 Å². The average Bonchev–Trinajstić information content (AvgIpc) is 0.864. The Morgan fingerprint density at radius 1 is 0.246 bits per heavy atom. The number of aliphatic hydroxyl groups excluding tert-OH is 2. The molecule has 0 unspecified atom stereocenters. The van der Waals surface area contributed by atoms with Crippen molar-refractivity contribution < 1.29 is 28.5 Å². The van der Waals surface area contributed by atoms with Gasteiger partial charge in [0.25, 0.3) is 0 Å². The summed E-state index contributed by atoms with van der Waals surface area (Å²) in [6.45, 7) is 15.5. The molecule has 12 aromatic rings. The van der Waals surface area contributed by atoms with E-state index in [0.717, 1.165) is 112 Å². The number of aromatic nitrogens is 4. The van der Waals surface area contributed by atoms with Gasteiger partial charge in [0.05, 0.1) is 0 Å². The van der Waals surface area contributed by atoms with E-state index in [-0.39, 0.29) is 13.2 Å². The molecule has 0 saturated carbocycles. The first-order valence-electron chi connectivity index (χ1n) is 42.3. The van der Waals surface area contributed by atoms with Crippen LogP contribution in [-0.2, 0) is 52.4 Å². The molecule has 4 heterocycles. The Balaban J connectivity index is 0.000000232. The van der Waals surface area contributed by atoms with Crippen molar-refractivity contribution in [1.82, 2.24) is 0 Å². The highest BCUT2D eigenvalue weighted by atomic mass is 33.1. The molecule has 2 N–H and O–H groups in total. The van der Waals surface area contributed by atoms with Gasteiger partial charge in [-0.25, -0.2) is 0 Å². The van der Waals surface area contributed by atoms with Crippen LogP contribution in [0.2, 0.25) is 0 Å². The molecule has 10 nitrogen and oxygen atoms in total. The van der Waals surface area contributed by atoms with Crippen LogP contribution < -0.4 is 37.9 Å². The second-order valence-corrected chi connectivity index (χ2v) is 34.8. The fraction of sp³-hybridized carbons (Fsp3) is 0.269. The molecule has 14 heteroatoms. The normalized spacial score (nSPS) is 11.4. The van der Waals surface area contributed by atoms with Gasteiger partial charge in [-0.1, -0.05) is 213 Å². The van der Waals surface area contributed by atoms with Crippen LogP contribution in [0.4, 0.5) is 22.7 Å². The van der Waals surface area contributed by atoms with E-state index in [9.17, 15) is 10.2 Å². The van der Waals surface area contributed by atoms with E-state index in [1.165, 1.54) is 118 Å². The Kier molecular flexibility index (Phi) is 39.0. The summed E-state index contributed by atoms with van der Waals surface area (Å²) in [5.41, 5.74) is 19.8. The largest absolute Gasteiger partial charge is 0.390 e. The van der Waals surface area contributed by atoms with Gasteiger partial charge in [-0.15, -0.1) is 0 Å². The molecule has 0 spiro atoms. The summed E-state index contributed by atoms with van der Waals surface area (Å²) in [5, 5.41) is 18.9. The number of benzene rings is 8. The number of hydrogen-bond acceptors (Lipinski definition) is 10. The lowest BCUT2D eigenvalue weighted by Crippen LogP contribution is -2.38. The predicted molar refractivity (Wildman–Crippen MR) is 510 cm³/mol. The van der Waals surface area contributed by atoms with E-state index in [0.29, 0.717) is 13.1 Å². The van der Waals surface area contributed by atoms with E-state index >= 15 is 0 Å². The number of unbranched alkanes of at least 4 members (excludes halogenated alkanes) is 4. The molecule has 0 fully saturated rings. The first-order chi connectivity index (χ1) is 58.4. The summed E-state index contributed by atoms with van der Waals surface area (Å²) in [6, 6.07) is 104. The third kappa shape index (κ3) is 31.0. The lowest BCUT2D eigenvalue weighted by atomic mass is 10.1. The molecule has 0 saturated heterocycles. The van der Waals surface area contributed by atoms with E-state index in [4.69, 9.17) is 0 Å². The maximum atomic E-state index is 9.43. The van der Waals surface area contributed by atoms with Gasteiger partial charge < -0.3 is 29.8 Å². The van der Waals surface area contributed by atoms with Gasteiger partial charge in [0.15, 0.2) is 37.9 Å². The molecule has 608 valence electrons. The Hall–Kier alpha value is -10.2. The number of nitrogens with zero attached hydrogens (tertiary/aromatic N) is 8. The number of anilines is 4. The molecule has 0 amide bonds. The standard InChI is InChI=1S/C52H60N4O2S2.C52H60N4S2/c57-39-37-53-33-9-7-19-49(53)27-21-45-23-29-51(30-24-45)55(43-47-15-3-1-4-16-47)35-11-13-41-59-60-42-14-12-36-56(44-48-17-5-2-6-18-48)52-31-25-46(26-32-52)22-28-50-20-8-10-34-54(50)38-40-58;1-3-53-37-13-11-23-49(53)31-25-45-27-33-51(34-28-45)55(43-47-19-7-5-8-20-47)39-15-17-41-57-58-42-18-16-40-56(44-48-21-9-6-10-22-48)52-35-29-46(30-36-52)26-32-50-24-12-14-38-54(50)4-2/h1-10,15-34,57-58H,11-14,35-44H2;5-14,19-38H,3-4,15-18,39-44H2,1-2H3/q2*+2. The fourth-order valence-corrected chi connectivity index (χ4v) is 18.8. The van der Waals surface area contributed by atoms with E-state index in [1.807, 2.05) is 79.8 Å². The van der Waals surface area contributed by atoms with Crippen LogP contribution in [0.3, 0.4) is 0 Å². The maximum Gasteiger partial charge on any atom is 0.205 e. The predicted octanol–water partition coefficient (Wildman–Crippen LogP) is 22.5. The summed E-state index contributed by atoms with van der Waals surface area (Å²) >= 11 is 0. The molecule has 8 aromatic carbocycles. The summed E-state index contributed by atoms with van der Waals surface area (Å²) in [5.74, 6) is 4.70. The molecular formula is C104H120N8O2S4+4. The summed E-state index contributed by atoms with van der Waals surface area (Å²) in [7, 11) is 8.13. The Morgan fingerprint density at radius 3 is 0.695 bits per heavy atom. The molecule has 4 aromatic heterocycles. The highest BCUT2D eigenvalue weighted by Crippen LogP contribution is 2.30. The minimum absolute atomic E-state index is 0.121. The van der Waals surface area contributed by atoms with Gasteiger partial charge in [-0.05, 0) is 207 Å². The first kappa shape index (κ1) is 88.6. The molecule has 118 heavy (non-hydrogen) atoms. The van der Waals surface area contributed by atoms with Gasteiger partial charge in [0, 0.05) is 171 Å². The molecule has 0 aliphatic heterocycles. The van der Waals surface area contributed by atoms with Crippen molar-refractivity contribution in [2.75, 3.05) is 82.0 Å².